The number of ether oxygens (including phenoxy) is 1. The smallest absolute Gasteiger partial charge is 0.240 e. The largest absolute Gasteiger partial charge is 0.396 e. The second-order valence-electron chi connectivity index (χ2n) is 7.88. The highest BCUT2D eigenvalue weighted by Gasteiger charge is 2.33. The van der Waals surface area contributed by atoms with Crippen LogP contribution in [0, 0.1) is 12.3 Å². The lowest BCUT2D eigenvalue weighted by Crippen LogP contribution is -2.43. The van der Waals surface area contributed by atoms with Crippen LogP contribution in [0.15, 0.2) is 41.9 Å². The Bertz CT molecular complexity index is 1190. The van der Waals surface area contributed by atoms with E-state index in [0.29, 0.717) is 43.1 Å². The van der Waals surface area contributed by atoms with Crippen LogP contribution in [0.2, 0.25) is 0 Å². The minimum absolute atomic E-state index is 0.0965. The second-order valence-corrected chi connectivity index (χ2v) is 9.64. The van der Waals surface area contributed by atoms with Crippen LogP contribution in [0.5, 0.6) is 0 Å². The van der Waals surface area contributed by atoms with E-state index in [-0.39, 0.29) is 23.9 Å². The highest BCUT2D eigenvalue weighted by Crippen LogP contribution is 2.30. The lowest BCUT2D eigenvalue weighted by molar-refractivity contribution is -0.0126. The van der Waals surface area contributed by atoms with Crippen molar-refractivity contribution in [2.75, 3.05) is 32.1 Å². The van der Waals surface area contributed by atoms with Gasteiger partial charge in [0, 0.05) is 30.7 Å². The van der Waals surface area contributed by atoms with E-state index in [1.54, 1.807) is 18.2 Å². The van der Waals surface area contributed by atoms with Crippen molar-refractivity contribution in [1.29, 1.82) is 0 Å². The number of hydrogen-bond donors (Lipinski definition) is 3. The quantitative estimate of drug-likeness (QED) is 0.462. The van der Waals surface area contributed by atoms with Gasteiger partial charge in [0.05, 0.1) is 23.4 Å². The fourth-order valence-corrected chi connectivity index (χ4v) is 4.76. The molecule has 3 heterocycles. The monoisotopic (exact) mass is 459 g/mol. The number of anilines is 1. The molecular formula is C20H25N7O4S. The molecule has 0 amide bonds. The highest BCUT2D eigenvalue weighted by molar-refractivity contribution is 7.89. The van der Waals surface area contributed by atoms with Crippen LogP contribution in [0.25, 0.3) is 17.1 Å². The van der Waals surface area contributed by atoms with E-state index in [9.17, 15) is 13.5 Å². The van der Waals surface area contributed by atoms with Crippen molar-refractivity contribution in [3.63, 3.8) is 0 Å². The SMILES string of the molecule is Cc1ccc(S(=O)(=O)NCC2(CO)CCOCC2)cc1-c1cnc(N)c(-n2cncn2)n1. The summed E-state index contributed by atoms with van der Waals surface area (Å²) in [5, 5.41) is 13.9. The number of nitrogen functional groups attached to an aromatic ring is 1. The van der Waals surface area contributed by atoms with Gasteiger partial charge in [-0.25, -0.2) is 28.1 Å². The summed E-state index contributed by atoms with van der Waals surface area (Å²) in [6.45, 7) is 2.89. The number of nitrogens with two attached hydrogens (primary N) is 1. The maximum Gasteiger partial charge on any atom is 0.240 e. The number of nitrogens with one attached hydrogen (secondary N) is 1. The third kappa shape index (κ3) is 4.48. The predicted octanol–water partition coefficient (Wildman–Crippen LogP) is 0.682. The lowest BCUT2D eigenvalue weighted by atomic mass is 9.81. The van der Waals surface area contributed by atoms with Crippen molar-refractivity contribution < 1.29 is 18.3 Å². The van der Waals surface area contributed by atoms with Crippen LogP contribution < -0.4 is 10.5 Å². The molecule has 1 aliphatic heterocycles. The Hall–Kier alpha value is -2.93. The summed E-state index contributed by atoms with van der Waals surface area (Å²) in [4.78, 5) is 12.7. The molecule has 0 spiro atoms. The molecule has 32 heavy (non-hydrogen) atoms. The predicted molar refractivity (Wildman–Crippen MR) is 116 cm³/mol. The third-order valence-electron chi connectivity index (χ3n) is 5.74. The van der Waals surface area contributed by atoms with Gasteiger partial charge in [-0.3, -0.25) is 0 Å². The molecule has 0 aliphatic carbocycles. The molecule has 0 atom stereocenters. The Morgan fingerprint density at radius 3 is 2.78 bits per heavy atom. The number of aromatic nitrogens is 5. The molecule has 0 saturated carbocycles. The van der Waals surface area contributed by atoms with Crippen molar-refractivity contribution in [1.82, 2.24) is 29.5 Å². The van der Waals surface area contributed by atoms with Gasteiger partial charge in [0.25, 0.3) is 0 Å². The first kappa shape index (κ1) is 22.3. The number of hydrogen-bond acceptors (Lipinski definition) is 9. The zero-order chi connectivity index (χ0) is 22.8. The normalized spacial score (nSPS) is 16.2. The molecule has 1 aromatic carbocycles. The number of aryl methyl sites for hydroxylation is 1. The van der Waals surface area contributed by atoms with E-state index >= 15 is 0 Å². The van der Waals surface area contributed by atoms with Gasteiger partial charge in [-0.2, -0.15) is 9.78 Å². The van der Waals surface area contributed by atoms with E-state index in [0.717, 1.165) is 5.56 Å². The van der Waals surface area contributed by atoms with Gasteiger partial charge in [-0.1, -0.05) is 6.07 Å². The van der Waals surface area contributed by atoms with Crippen molar-refractivity contribution in [2.45, 2.75) is 24.7 Å². The summed E-state index contributed by atoms with van der Waals surface area (Å²) >= 11 is 0. The molecule has 0 bridgehead atoms. The van der Waals surface area contributed by atoms with E-state index < -0.39 is 15.4 Å². The minimum atomic E-state index is -3.82. The zero-order valence-corrected chi connectivity index (χ0v) is 18.4. The van der Waals surface area contributed by atoms with Crippen molar-refractivity contribution in [2.24, 2.45) is 5.41 Å². The van der Waals surface area contributed by atoms with E-state index in [1.807, 2.05) is 6.92 Å². The molecule has 3 aromatic rings. The van der Waals surface area contributed by atoms with Gasteiger partial charge in [0.1, 0.15) is 12.7 Å². The standard InChI is InChI=1S/C20H25N7O4S/c1-14-2-3-15(32(29,30)25-10-20(11-28)4-6-31-7-5-20)8-16(14)17-9-23-18(21)19(26-17)27-13-22-12-24-27/h2-3,8-9,12-13,25,28H,4-7,10-11H2,1H3,(H2,21,23). The van der Waals surface area contributed by atoms with Crippen LogP contribution >= 0.6 is 0 Å². The van der Waals surface area contributed by atoms with Gasteiger partial charge in [0.15, 0.2) is 11.6 Å². The molecule has 11 nitrogen and oxygen atoms in total. The fourth-order valence-electron chi connectivity index (χ4n) is 3.58. The Balaban J connectivity index is 1.63. The average Bonchev–Trinajstić information content (AvgIpc) is 3.34. The molecule has 4 N–H and O–H groups in total. The number of rotatable bonds is 7. The van der Waals surface area contributed by atoms with E-state index in [2.05, 4.69) is 24.8 Å². The molecule has 1 saturated heterocycles. The van der Waals surface area contributed by atoms with Crippen molar-refractivity contribution in [3.05, 3.63) is 42.6 Å². The molecule has 12 heteroatoms. The van der Waals surface area contributed by atoms with Gasteiger partial charge in [-0.15, -0.1) is 0 Å². The summed E-state index contributed by atoms with van der Waals surface area (Å²) < 4.78 is 35.5. The minimum Gasteiger partial charge on any atom is -0.396 e. The summed E-state index contributed by atoms with van der Waals surface area (Å²) in [5.41, 5.74) is 7.29. The Morgan fingerprint density at radius 2 is 2.09 bits per heavy atom. The topological polar surface area (TPSA) is 158 Å². The third-order valence-corrected chi connectivity index (χ3v) is 7.14. The number of aliphatic hydroxyl groups is 1. The number of benzene rings is 1. The molecule has 1 aliphatic rings. The molecule has 170 valence electrons. The summed E-state index contributed by atoms with van der Waals surface area (Å²) in [5.74, 6) is 0.475. The van der Waals surface area contributed by atoms with Crippen LogP contribution in [0.3, 0.4) is 0 Å². The van der Waals surface area contributed by atoms with Crippen molar-refractivity contribution >= 4 is 15.8 Å². The van der Waals surface area contributed by atoms with Crippen LogP contribution in [-0.2, 0) is 14.8 Å². The highest BCUT2D eigenvalue weighted by atomic mass is 32.2. The van der Waals surface area contributed by atoms with E-state index in [4.69, 9.17) is 10.5 Å². The Morgan fingerprint density at radius 1 is 1.31 bits per heavy atom. The molecule has 4 rings (SSSR count). The van der Waals surface area contributed by atoms with Gasteiger partial charge in [0.2, 0.25) is 10.0 Å². The Kier molecular flexibility index (Phi) is 6.20. The van der Waals surface area contributed by atoms with Gasteiger partial charge >= 0.3 is 0 Å². The Labute approximate surface area is 185 Å². The van der Waals surface area contributed by atoms with Gasteiger partial charge in [-0.05, 0) is 37.5 Å². The summed E-state index contributed by atoms with van der Waals surface area (Å²) in [6.07, 6.45) is 5.49. The average molecular weight is 460 g/mol. The maximum atomic E-state index is 13.0. The van der Waals surface area contributed by atoms with Crippen LogP contribution in [0.4, 0.5) is 5.82 Å². The molecule has 1 fully saturated rings. The number of nitrogens with zero attached hydrogens (tertiary/aromatic N) is 5. The first-order valence-corrected chi connectivity index (χ1v) is 11.6. The lowest BCUT2D eigenvalue weighted by Gasteiger charge is -2.35. The van der Waals surface area contributed by atoms with E-state index in [1.165, 1.54) is 23.5 Å². The first-order valence-electron chi connectivity index (χ1n) is 10.1. The van der Waals surface area contributed by atoms with Crippen molar-refractivity contribution in [3.8, 4) is 17.1 Å². The molecular weight excluding hydrogens is 434 g/mol. The number of aliphatic hydroxyl groups excluding tert-OH is 1. The fraction of sp³-hybridized carbons (Fsp3) is 0.400. The van der Waals surface area contributed by atoms with Crippen LogP contribution in [-0.4, -0.2) is 64.6 Å². The summed E-state index contributed by atoms with van der Waals surface area (Å²) in [6, 6.07) is 4.81. The van der Waals surface area contributed by atoms with Crippen LogP contribution in [0.1, 0.15) is 18.4 Å². The molecule has 0 radical (unpaired) electrons. The van der Waals surface area contributed by atoms with Gasteiger partial charge < -0.3 is 15.6 Å². The second kappa shape index (κ2) is 8.90. The molecule has 0 unspecified atom stereocenters. The number of sulfonamides is 1. The molecule has 2 aromatic heterocycles. The zero-order valence-electron chi connectivity index (χ0n) is 17.6. The summed E-state index contributed by atoms with van der Waals surface area (Å²) in [7, 11) is -3.82. The maximum absolute atomic E-state index is 13.0. The first-order chi connectivity index (χ1) is 15.3.